The fourth-order valence-electron chi connectivity index (χ4n) is 5.39. The van der Waals surface area contributed by atoms with E-state index in [9.17, 15) is 14.7 Å². The molecule has 2 fully saturated rings. The fraction of sp³-hybridized carbons (Fsp3) is 0.500. The predicted octanol–water partition coefficient (Wildman–Crippen LogP) is 5.76. The van der Waals surface area contributed by atoms with Crippen LogP contribution in [0.3, 0.4) is 0 Å². The van der Waals surface area contributed by atoms with Gasteiger partial charge < -0.3 is 15.3 Å². The summed E-state index contributed by atoms with van der Waals surface area (Å²) in [5.74, 6) is -0.00110. The highest BCUT2D eigenvalue weighted by atomic mass is 127. The molecule has 1 saturated heterocycles. The predicted molar refractivity (Wildman–Crippen MR) is 149 cm³/mol. The molecular weight excluding hydrogens is 571 g/mol. The number of likely N-dealkylation sites (tertiary alicyclic amines) is 1. The summed E-state index contributed by atoms with van der Waals surface area (Å²) >= 11 is 3.83. The van der Waals surface area contributed by atoms with E-state index < -0.39 is 4.75 Å². The number of hydrogen-bond acceptors (Lipinski definition) is 4. The van der Waals surface area contributed by atoms with Gasteiger partial charge >= 0.3 is 0 Å². The lowest BCUT2D eigenvalue weighted by Gasteiger charge is -2.41. The van der Waals surface area contributed by atoms with Gasteiger partial charge in [-0.2, -0.15) is 0 Å². The van der Waals surface area contributed by atoms with Crippen molar-refractivity contribution in [3.8, 4) is 0 Å². The number of aryl methyl sites for hydroxylation is 1. The summed E-state index contributed by atoms with van der Waals surface area (Å²) in [6.45, 7) is 4.64. The Balaban J connectivity index is 1.87. The molecule has 0 spiro atoms. The van der Waals surface area contributed by atoms with Gasteiger partial charge in [-0.15, -0.1) is 11.8 Å². The first-order valence-corrected chi connectivity index (χ1v) is 14.5. The lowest BCUT2D eigenvalue weighted by atomic mass is 9.88. The maximum Gasteiger partial charge on any atom is 0.239 e. The van der Waals surface area contributed by atoms with Crippen LogP contribution in [0.15, 0.2) is 47.4 Å². The number of nitrogens with zero attached hydrogens (tertiary/aromatic N) is 1. The molecule has 1 saturated carbocycles. The minimum absolute atomic E-state index is 0.0353. The topological polar surface area (TPSA) is 69.6 Å². The molecule has 0 bridgehead atoms. The third-order valence-corrected chi connectivity index (χ3v) is 9.53. The van der Waals surface area contributed by atoms with Gasteiger partial charge in [0, 0.05) is 21.1 Å². The number of hydrogen-bond donors (Lipinski definition) is 2. The van der Waals surface area contributed by atoms with Gasteiger partial charge in [0.25, 0.3) is 0 Å². The molecule has 2 amide bonds. The largest absolute Gasteiger partial charge is 0.392 e. The van der Waals surface area contributed by atoms with Crippen molar-refractivity contribution in [2.45, 2.75) is 87.1 Å². The van der Waals surface area contributed by atoms with Crippen LogP contribution in [0.4, 0.5) is 0 Å². The Morgan fingerprint density at radius 2 is 1.89 bits per heavy atom. The molecule has 4 rings (SSSR count). The third-order valence-electron chi connectivity index (χ3n) is 7.17. The monoisotopic (exact) mass is 606 g/mol. The van der Waals surface area contributed by atoms with Gasteiger partial charge in [-0.1, -0.05) is 56.0 Å². The van der Waals surface area contributed by atoms with Crippen molar-refractivity contribution in [1.82, 2.24) is 10.2 Å². The van der Waals surface area contributed by atoms with E-state index in [4.69, 9.17) is 0 Å². The molecule has 0 unspecified atom stereocenters. The second-order valence-electron chi connectivity index (χ2n) is 9.75. The van der Waals surface area contributed by atoms with Gasteiger partial charge in [0.2, 0.25) is 11.8 Å². The Bertz CT molecular complexity index is 1050. The van der Waals surface area contributed by atoms with Crippen molar-refractivity contribution < 1.29 is 14.7 Å². The summed E-state index contributed by atoms with van der Waals surface area (Å²) < 4.78 is 0.00594. The van der Waals surface area contributed by atoms with Crippen molar-refractivity contribution in [2.75, 3.05) is 6.54 Å². The number of aliphatic hydroxyl groups is 1. The Morgan fingerprint density at radius 3 is 2.51 bits per heavy atom. The zero-order valence-electron chi connectivity index (χ0n) is 20.6. The first kappa shape index (κ1) is 26.5. The lowest BCUT2D eigenvalue weighted by molar-refractivity contribution is -0.132. The van der Waals surface area contributed by atoms with Gasteiger partial charge in [-0.3, -0.25) is 9.59 Å². The molecule has 1 heterocycles. The van der Waals surface area contributed by atoms with Crippen molar-refractivity contribution in [3.63, 3.8) is 0 Å². The molecule has 0 radical (unpaired) electrons. The number of carbonyl (C=O) groups excluding carboxylic acids is 2. The van der Waals surface area contributed by atoms with Crippen molar-refractivity contribution in [1.29, 1.82) is 0 Å². The number of rotatable bonds is 8. The number of benzene rings is 2. The summed E-state index contributed by atoms with van der Waals surface area (Å²) in [4.78, 5) is 30.9. The normalized spacial score (nSPS) is 23.0. The van der Waals surface area contributed by atoms with Crippen LogP contribution in [-0.2, 0) is 16.2 Å². The minimum Gasteiger partial charge on any atom is -0.392 e. The van der Waals surface area contributed by atoms with E-state index in [0.717, 1.165) is 57.3 Å². The summed E-state index contributed by atoms with van der Waals surface area (Å²) in [5.41, 5.74) is 2.99. The van der Waals surface area contributed by atoms with Gasteiger partial charge in [0.15, 0.2) is 0 Å². The molecule has 2 N–H and O–H groups in total. The highest BCUT2D eigenvalue weighted by molar-refractivity contribution is 14.1. The molecule has 2 aliphatic rings. The molecule has 35 heavy (non-hydrogen) atoms. The van der Waals surface area contributed by atoms with E-state index in [1.165, 1.54) is 18.2 Å². The van der Waals surface area contributed by atoms with E-state index in [1.54, 1.807) is 0 Å². The van der Waals surface area contributed by atoms with Gasteiger partial charge in [0.05, 0.1) is 19.1 Å². The van der Waals surface area contributed by atoms with Gasteiger partial charge in [0.1, 0.15) is 4.75 Å². The fourth-order valence-corrected chi connectivity index (χ4v) is 7.67. The molecule has 0 aromatic heterocycles. The zero-order chi connectivity index (χ0) is 25.0. The first-order chi connectivity index (χ1) is 16.9. The maximum atomic E-state index is 14.0. The lowest BCUT2D eigenvalue weighted by Crippen LogP contribution is -2.50. The van der Waals surface area contributed by atoms with Crippen molar-refractivity contribution in [2.24, 2.45) is 0 Å². The number of aliphatic hydroxyl groups excluding tert-OH is 1. The average molecular weight is 607 g/mol. The molecule has 1 aliphatic heterocycles. The Morgan fingerprint density at radius 1 is 1.17 bits per heavy atom. The maximum absolute atomic E-state index is 14.0. The highest BCUT2D eigenvalue weighted by Gasteiger charge is 2.59. The molecule has 2 aromatic rings. The summed E-state index contributed by atoms with van der Waals surface area (Å²) in [6.07, 6.45) is 6.41. The Labute approximate surface area is 226 Å². The van der Waals surface area contributed by atoms with Crippen LogP contribution in [-0.4, -0.2) is 39.2 Å². The smallest absolute Gasteiger partial charge is 0.239 e. The van der Waals surface area contributed by atoms with E-state index >= 15 is 0 Å². The van der Waals surface area contributed by atoms with Crippen molar-refractivity contribution >= 4 is 46.2 Å². The summed E-state index contributed by atoms with van der Waals surface area (Å²) in [7, 11) is 0. The first-order valence-electron chi connectivity index (χ1n) is 12.6. The standard InChI is InChI=1S/C28H35IN2O3S/c1-3-15-30-27(34)28(35-22-12-9-19(2)10-13-22)17-25(33)31(21-7-5-4-6-8-21)26(28)23-14-11-20(18-32)16-24(23)29/h9-14,16,21,26,32H,3-8,15,17-18H2,1-2H3,(H,30,34)/t26-,28-/m1/s1. The number of carbonyl (C=O) groups is 2. The molecule has 2 aromatic carbocycles. The quantitative estimate of drug-likeness (QED) is 0.376. The molecule has 7 heteroatoms. The van der Waals surface area contributed by atoms with Crippen LogP contribution < -0.4 is 5.32 Å². The SMILES string of the molecule is CCCNC(=O)[C@@]1(Sc2ccc(C)cc2)CC(=O)N(C2CCCCC2)[C@@H]1c1ccc(CO)cc1I. The zero-order valence-corrected chi connectivity index (χ0v) is 23.5. The van der Waals surface area contributed by atoms with Gasteiger partial charge in [-0.25, -0.2) is 0 Å². The Kier molecular flexibility index (Phi) is 8.81. The third kappa shape index (κ3) is 5.57. The van der Waals surface area contributed by atoms with E-state index in [2.05, 4.69) is 64.0 Å². The average Bonchev–Trinajstić information content (AvgIpc) is 3.16. The summed E-state index contributed by atoms with van der Waals surface area (Å²) in [6, 6.07) is 13.9. The van der Waals surface area contributed by atoms with E-state index in [0.29, 0.717) is 6.54 Å². The number of nitrogens with one attached hydrogen (secondary N) is 1. The van der Waals surface area contributed by atoms with Crippen LogP contribution in [0.2, 0.25) is 0 Å². The highest BCUT2D eigenvalue weighted by Crippen LogP contribution is 2.55. The van der Waals surface area contributed by atoms with E-state index in [-0.39, 0.29) is 36.9 Å². The van der Waals surface area contributed by atoms with Crippen LogP contribution in [0.5, 0.6) is 0 Å². The number of halogens is 1. The molecular formula is C28H35IN2O3S. The van der Waals surface area contributed by atoms with E-state index in [1.807, 2.05) is 25.1 Å². The van der Waals surface area contributed by atoms with Crippen LogP contribution in [0.1, 0.15) is 74.6 Å². The number of amides is 2. The molecule has 2 atom stereocenters. The molecule has 1 aliphatic carbocycles. The van der Waals surface area contributed by atoms with Crippen molar-refractivity contribution in [3.05, 3.63) is 62.7 Å². The van der Waals surface area contributed by atoms with Gasteiger partial charge in [-0.05, 0) is 78.1 Å². The van der Waals surface area contributed by atoms with Crippen LogP contribution in [0, 0.1) is 10.5 Å². The summed E-state index contributed by atoms with van der Waals surface area (Å²) in [5, 5.41) is 12.8. The Hall–Kier alpha value is -1.58. The molecule has 5 nitrogen and oxygen atoms in total. The minimum atomic E-state index is -0.973. The second-order valence-corrected chi connectivity index (χ2v) is 12.3. The molecule has 188 valence electrons. The van der Waals surface area contributed by atoms with Crippen LogP contribution >= 0.6 is 34.4 Å². The van der Waals surface area contributed by atoms with Crippen LogP contribution in [0.25, 0.3) is 0 Å². The second kappa shape index (κ2) is 11.6. The number of thioether (sulfide) groups is 1.